The van der Waals surface area contributed by atoms with E-state index in [-0.39, 0.29) is 5.60 Å². The highest BCUT2D eigenvalue weighted by Gasteiger charge is 2.41. The molecule has 3 nitrogen and oxygen atoms in total. The fourth-order valence-electron chi connectivity index (χ4n) is 2.68. The van der Waals surface area contributed by atoms with Gasteiger partial charge in [0.05, 0.1) is 16.7 Å². The van der Waals surface area contributed by atoms with Gasteiger partial charge in [-0.05, 0) is 26.7 Å². The lowest BCUT2D eigenvalue weighted by Crippen LogP contribution is -2.43. The van der Waals surface area contributed by atoms with Crippen molar-refractivity contribution in [3.63, 3.8) is 0 Å². The molecule has 0 aliphatic heterocycles. The minimum atomic E-state index is -0.421. The lowest BCUT2D eigenvalue weighted by Gasteiger charge is -2.33. The average molecular weight is 255 g/mol. The molecule has 2 rings (SSSR count). The summed E-state index contributed by atoms with van der Waals surface area (Å²) in [4.78, 5) is 4.42. The molecule has 1 saturated carbocycles. The van der Waals surface area contributed by atoms with Crippen LogP contribution in [0.1, 0.15) is 43.3 Å². The van der Waals surface area contributed by atoms with Crippen LogP contribution in [0.5, 0.6) is 0 Å². The number of hydrogen-bond donors (Lipinski definition) is 1. The summed E-state index contributed by atoms with van der Waals surface area (Å²) in [6.07, 6.45) is 4.48. The van der Waals surface area contributed by atoms with Gasteiger partial charge in [-0.3, -0.25) is 0 Å². The van der Waals surface area contributed by atoms with E-state index in [1.54, 1.807) is 11.3 Å². The van der Waals surface area contributed by atoms with Crippen LogP contribution in [0.3, 0.4) is 0 Å². The second-order valence-electron chi connectivity index (χ2n) is 4.81. The van der Waals surface area contributed by atoms with Crippen LogP contribution in [0.15, 0.2) is 5.38 Å². The Morgan fingerprint density at radius 2 is 2.24 bits per heavy atom. The molecule has 1 unspecified atom stereocenters. The Hall–Kier alpha value is -0.450. The van der Waals surface area contributed by atoms with E-state index in [4.69, 9.17) is 4.74 Å². The Morgan fingerprint density at radius 3 is 2.76 bits per heavy atom. The number of aliphatic hydroxyl groups is 1. The standard InChI is InChI=1S/C13H21NO2S/c1-3-16-13(6-4-5-7-13)11(15)8-12-14-10(2)9-17-12/h9,11,15H,3-8H2,1-2H3. The zero-order valence-electron chi connectivity index (χ0n) is 10.6. The number of aromatic nitrogens is 1. The molecular weight excluding hydrogens is 234 g/mol. The van der Waals surface area contributed by atoms with Crippen LogP contribution in [0.4, 0.5) is 0 Å². The summed E-state index contributed by atoms with van der Waals surface area (Å²) in [7, 11) is 0. The highest BCUT2D eigenvalue weighted by molar-refractivity contribution is 7.09. The molecule has 96 valence electrons. The highest BCUT2D eigenvalue weighted by Crippen LogP contribution is 2.37. The minimum Gasteiger partial charge on any atom is -0.390 e. The van der Waals surface area contributed by atoms with E-state index in [9.17, 15) is 5.11 Å². The van der Waals surface area contributed by atoms with Crippen molar-refractivity contribution in [2.24, 2.45) is 0 Å². The average Bonchev–Trinajstić information content (AvgIpc) is 2.89. The van der Waals surface area contributed by atoms with E-state index < -0.39 is 6.10 Å². The van der Waals surface area contributed by atoms with Gasteiger partial charge in [0.2, 0.25) is 0 Å². The van der Waals surface area contributed by atoms with Crippen LogP contribution in [0.2, 0.25) is 0 Å². The zero-order valence-corrected chi connectivity index (χ0v) is 11.4. The molecule has 0 saturated heterocycles. The normalized spacial score (nSPS) is 20.6. The molecule has 1 heterocycles. The first-order chi connectivity index (χ1) is 8.16. The van der Waals surface area contributed by atoms with Gasteiger partial charge in [-0.15, -0.1) is 11.3 Å². The summed E-state index contributed by atoms with van der Waals surface area (Å²) in [5, 5.41) is 13.5. The van der Waals surface area contributed by atoms with Crippen molar-refractivity contribution in [3.8, 4) is 0 Å². The predicted octanol–water partition coefficient (Wildman–Crippen LogP) is 2.70. The van der Waals surface area contributed by atoms with E-state index in [0.29, 0.717) is 13.0 Å². The van der Waals surface area contributed by atoms with Gasteiger partial charge in [-0.1, -0.05) is 12.8 Å². The van der Waals surface area contributed by atoms with Crippen molar-refractivity contribution in [2.75, 3.05) is 6.61 Å². The molecule has 1 N–H and O–H groups in total. The summed E-state index contributed by atoms with van der Waals surface area (Å²) < 4.78 is 5.86. The topological polar surface area (TPSA) is 42.4 Å². The molecule has 0 aromatic carbocycles. The largest absolute Gasteiger partial charge is 0.390 e. The van der Waals surface area contributed by atoms with Gasteiger partial charge in [0.1, 0.15) is 0 Å². The van der Waals surface area contributed by atoms with Crippen molar-refractivity contribution >= 4 is 11.3 Å². The second-order valence-corrected chi connectivity index (χ2v) is 5.75. The van der Waals surface area contributed by atoms with Crippen LogP contribution in [0, 0.1) is 6.92 Å². The maximum absolute atomic E-state index is 10.4. The molecule has 0 bridgehead atoms. The van der Waals surface area contributed by atoms with Crippen molar-refractivity contribution in [2.45, 2.75) is 57.7 Å². The number of nitrogens with zero attached hydrogens (tertiary/aromatic N) is 1. The Morgan fingerprint density at radius 1 is 1.53 bits per heavy atom. The number of aryl methyl sites for hydroxylation is 1. The molecular formula is C13H21NO2S. The van der Waals surface area contributed by atoms with Crippen LogP contribution < -0.4 is 0 Å². The van der Waals surface area contributed by atoms with Crippen LogP contribution >= 0.6 is 11.3 Å². The maximum Gasteiger partial charge on any atom is 0.0955 e. The quantitative estimate of drug-likeness (QED) is 0.879. The Kier molecular flexibility index (Phi) is 4.17. The zero-order chi connectivity index (χ0) is 12.3. The van der Waals surface area contributed by atoms with Crippen molar-refractivity contribution in [1.29, 1.82) is 0 Å². The second kappa shape index (κ2) is 5.46. The lowest BCUT2D eigenvalue weighted by molar-refractivity contribution is -0.115. The summed E-state index contributed by atoms with van der Waals surface area (Å²) in [5.74, 6) is 0. The third kappa shape index (κ3) is 2.87. The number of ether oxygens (including phenoxy) is 1. The highest BCUT2D eigenvalue weighted by atomic mass is 32.1. The Balaban J connectivity index is 2.03. The summed E-state index contributed by atoms with van der Waals surface area (Å²) in [6.45, 7) is 4.66. The van der Waals surface area contributed by atoms with Crippen molar-refractivity contribution < 1.29 is 9.84 Å². The summed E-state index contributed by atoms with van der Waals surface area (Å²) >= 11 is 1.63. The molecule has 4 heteroatoms. The predicted molar refractivity (Wildman–Crippen MR) is 69.4 cm³/mol. The van der Waals surface area contributed by atoms with Crippen molar-refractivity contribution in [1.82, 2.24) is 4.98 Å². The fraction of sp³-hybridized carbons (Fsp3) is 0.769. The van der Waals surface area contributed by atoms with Gasteiger partial charge in [-0.25, -0.2) is 4.98 Å². The molecule has 1 aromatic rings. The Labute approximate surface area is 107 Å². The van der Waals surface area contributed by atoms with Gasteiger partial charge in [0, 0.05) is 24.1 Å². The van der Waals surface area contributed by atoms with Gasteiger partial charge >= 0.3 is 0 Å². The van der Waals surface area contributed by atoms with E-state index in [2.05, 4.69) is 4.98 Å². The van der Waals surface area contributed by atoms with Gasteiger partial charge < -0.3 is 9.84 Å². The first-order valence-electron chi connectivity index (χ1n) is 6.39. The number of hydrogen-bond acceptors (Lipinski definition) is 4. The molecule has 1 fully saturated rings. The van der Waals surface area contributed by atoms with Gasteiger partial charge in [0.25, 0.3) is 0 Å². The van der Waals surface area contributed by atoms with Crippen LogP contribution in [-0.2, 0) is 11.2 Å². The summed E-state index contributed by atoms with van der Waals surface area (Å²) in [5.41, 5.74) is 0.725. The van der Waals surface area contributed by atoms with E-state index in [1.165, 1.54) is 0 Å². The smallest absolute Gasteiger partial charge is 0.0955 e. The lowest BCUT2D eigenvalue weighted by atomic mass is 9.92. The van der Waals surface area contributed by atoms with Crippen LogP contribution in [0.25, 0.3) is 0 Å². The minimum absolute atomic E-state index is 0.311. The first kappa shape index (κ1) is 13.0. The summed E-state index contributed by atoms with van der Waals surface area (Å²) in [6, 6.07) is 0. The molecule has 1 aliphatic rings. The Bertz CT molecular complexity index is 358. The van der Waals surface area contributed by atoms with E-state index in [0.717, 1.165) is 36.4 Å². The first-order valence-corrected chi connectivity index (χ1v) is 7.27. The fourth-order valence-corrected chi connectivity index (χ4v) is 3.49. The van der Waals surface area contributed by atoms with Crippen LogP contribution in [-0.4, -0.2) is 28.4 Å². The molecule has 0 spiro atoms. The molecule has 0 radical (unpaired) electrons. The van der Waals surface area contributed by atoms with Gasteiger partial charge in [-0.2, -0.15) is 0 Å². The van der Waals surface area contributed by atoms with Crippen molar-refractivity contribution in [3.05, 3.63) is 16.1 Å². The number of aliphatic hydroxyl groups excluding tert-OH is 1. The third-order valence-electron chi connectivity index (χ3n) is 3.52. The van der Waals surface area contributed by atoms with E-state index >= 15 is 0 Å². The molecule has 0 amide bonds. The molecule has 1 aliphatic carbocycles. The number of thiazole rings is 1. The SMILES string of the molecule is CCOC1(C(O)Cc2nc(C)cs2)CCCC1. The molecule has 17 heavy (non-hydrogen) atoms. The molecule has 1 atom stereocenters. The maximum atomic E-state index is 10.4. The van der Waals surface area contributed by atoms with E-state index in [1.807, 2.05) is 19.2 Å². The third-order valence-corrected chi connectivity index (χ3v) is 4.51. The monoisotopic (exact) mass is 255 g/mol. The number of rotatable bonds is 5. The van der Waals surface area contributed by atoms with Gasteiger partial charge in [0.15, 0.2) is 0 Å². The molecule has 1 aromatic heterocycles.